The summed E-state index contributed by atoms with van der Waals surface area (Å²) in [6.45, 7) is 0.381. The molecular formula is C15H19NO4. The predicted octanol–water partition coefficient (Wildman–Crippen LogP) is 1.82. The predicted molar refractivity (Wildman–Crippen MR) is 73.4 cm³/mol. The Morgan fingerprint density at radius 3 is 2.75 bits per heavy atom. The summed E-state index contributed by atoms with van der Waals surface area (Å²) in [6.07, 6.45) is 1.85. The van der Waals surface area contributed by atoms with Gasteiger partial charge in [0.15, 0.2) is 0 Å². The zero-order valence-corrected chi connectivity index (χ0v) is 11.5. The van der Waals surface area contributed by atoms with Gasteiger partial charge in [-0.2, -0.15) is 0 Å². The van der Waals surface area contributed by atoms with Crippen molar-refractivity contribution in [2.75, 3.05) is 7.11 Å². The first-order valence-corrected chi connectivity index (χ1v) is 6.72. The van der Waals surface area contributed by atoms with Gasteiger partial charge in [-0.3, -0.25) is 9.59 Å². The van der Waals surface area contributed by atoms with Gasteiger partial charge in [-0.05, 0) is 30.9 Å². The lowest BCUT2D eigenvalue weighted by Crippen LogP contribution is -2.34. The first-order valence-electron chi connectivity index (χ1n) is 6.72. The van der Waals surface area contributed by atoms with Crippen molar-refractivity contribution in [3.05, 3.63) is 35.4 Å². The second-order valence-corrected chi connectivity index (χ2v) is 5.11. The Morgan fingerprint density at radius 2 is 2.10 bits per heavy atom. The van der Waals surface area contributed by atoms with Crippen molar-refractivity contribution in [1.29, 1.82) is 0 Å². The van der Waals surface area contributed by atoms with Crippen molar-refractivity contribution in [1.82, 2.24) is 5.32 Å². The summed E-state index contributed by atoms with van der Waals surface area (Å²) < 4.78 is 5.08. The minimum atomic E-state index is -0.776. The SMILES string of the molecule is COCc1ccccc1C(=O)N[C@H]1CC[C@@H](C(=O)O)C1. The maximum atomic E-state index is 12.3. The average Bonchev–Trinajstić information content (AvgIpc) is 2.88. The van der Waals surface area contributed by atoms with Crippen molar-refractivity contribution in [2.45, 2.75) is 31.9 Å². The third kappa shape index (κ3) is 3.36. The maximum absolute atomic E-state index is 12.3. The van der Waals surface area contributed by atoms with Crippen LogP contribution in [0.5, 0.6) is 0 Å². The van der Waals surface area contributed by atoms with Gasteiger partial charge in [0.05, 0.1) is 12.5 Å². The Labute approximate surface area is 117 Å². The number of carboxylic acids is 1. The monoisotopic (exact) mass is 277 g/mol. The van der Waals surface area contributed by atoms with Gasteiger partial charge in [0.2, 0.25) is 0 Å². The molecule has 1 aliphatic carbocycles. The number of aliphatic carboxylic acids is 1. The van der Waals surface area contributed by atoms with Gasteiger partial charge < -0.3 is 15.2 Å². The molecule has 1 amide bonds. The fourth-order valence-corrected chi connectivity index (χ4v) is 2.62. The standard InChI is InChI=1S/C15H19NO4/c1-20-9-11-4-2-3-5-13(11)14(17)16-12-7-6-10(8-12)15(18)19/h2-5,10,12H,6-9H2,1H3,(H,16,17)(H,18,19)/t10-,12+/m1/s1. The van der Waals surface area contributed by atoms with Gasteiger partial charge in [-0.25, -0.2) is 0 Å². The van der Waals surface area contributed by atoms with Crippen molar-refractivity contribution < 1.29 is 19.4 Å². The summed E-state index contributed by atoms with van der Waals surface area (Å²) in [7, 11) is 1.59. The fraction of sp³-hybridized carbons (Fsp3) is 0.467. The molecule has 2 N–H and O–H groups in total. The summed E-state index contributed by atoms with van der Waals surface area (Å²) >= 11 is 0. The summed E-state index contributed by atoms with van der Waals surface area (Å²) in [6, 6.07) is 7.23. The van der Waals surface area contributed by atoms with E-state index in [1.807, 2.05) is 18.2 Å². The Bertz CT molecular complexity index is 500. The zero-order chi connectivity index (χ0) is 14.5. The Morgan fingerprint density at radius 1 is 1.35 bits per heavy atom. The van der Waals surface area contributed by atoms with Crippen LogP contribution in [0, 0.1) is 5.92 Å². The van der Waals surface area contributed by atoms with Gasteiger partial charge in [0.25, 0.3) is 5.91 Å². The van der Waals surface area contributed by atoms with E-state index in [0.29, 0.717) is 25.0 Å². The van der Waals surface area contributed by atoms with Crippen molar-refractivity contribution >= 4 is 11.9 Å². The number of carboxylic acid groups (broad SMARTS) is 1. The molecule has 0 heterocycles. The first kappa shape index (κ1) is 14.5. The van der Waals surface area contributed by atoms with E-state index < -0.39 is 5.97 Å². The molecule has 1 aliphatic rings. The molecule has 1 fully saturated rings. The molecule has 2 rings (SSSR count). The number of hydrogen-bond donors (Lipinski definition) is 2. The smallest absolute Gasteiger partial charge is 0.306 e. The fourth-order valence-electron chi connectivity index (χ4n) is 2.62. The van der Waals surface area contributed by atoms with Crippen LogP contribution in [-0.2, 0) is 16.1 Å². The molecule has 1 aromatic carbocycles. The third-order valence-electron chi connectivity index (χ3n) is 3.68. The quantitative estimate of drug-likeness (QED) is 0.860. The molecule has 5 heteroatoms. The van der Waals surface area contributed by atoms with E-state index >= 15 is 0 Å². The molecule has 0 unspecified atom stereocenters. The van der Waals surface area contributed by atoms with Gasteiger partial charge in [0.1, 0.15) is 0 Å². The molecule has 20 heavy (non-hydrogen) atoms. The topological polar surface area (TPSA) is 75.6 Å². The third-order valence-corrected chi connectivity index (χ3v) is 3.68. The average molecular weight is 277 g/mol. The molecular weight excluding hydrogens is 258 g/mol. The lowest BCUT2D eigenvalue weighted by molar-refractivity contribution is -0.141. The molecule has 0 aromatic heterocycles. The number of ether oxygens (including phenoxy) is 1. The van der Waals surface area contributed by atoms with Crippen LogP contribution < -0.4 is 5.32 Å². The van der Waals surface area contributed by atoms with E-state index in [4.69, 9.17) is 9.84 Å². The second-order valence-electron chi connectivity index (χ2n) is 5.11. The van der Waals surface area contributed by atoms with Crippen LogP contribution in [0.3, 0.4) is 0 Å². The first-order chi connectivity index (χ1) is 9.61. The minimum absolute atomic E-state index is 0.0563. The molecule has 0 radical (unpaired) electrons. The number of benzene rings is 1. The van der Waals surface area contributed by atoms with E-state index in [9.17, 15) is 9.59 Å². The highest BCUT2D eigenvalue weighted by Crippen LogP contribution is 2.26. The van der Waals surface area contributed by atoms with E-state index in [2.05, 4.69) is 5.32 Å². The molecule has 2 atom stereocenters. The molecule has 0 spiro atoms. The highest BCUT2D eigenvalue weighted by molar-refractivity contribution is 5.95. The largest absolute Gasteiger partial charge is 0.481 e. The number of carbonyl (C=O) groups is 2. The molecule has 0 aliphatic heterocycles. The van der Waals surface area contributed by atoms with Crippen molar-refractivity contribution in [2.24, 2.45) is 5.92 Å². The number of hydrogen-bond acceptors (Lipinski definition) is 3. The molecule has 5 nitrogen and oxygen atoms in total. The Balaban J connectivity index is 2.01. The number of methoxy groups -OCH3 is 1. The lowest BCUT2D eigenvalue weighted by atomic mass is 10.1. The molecule has 1 aromatic rings. The number of rotatable bonds is 5. The van der Waals surface area contributed by atoms with Crippen LogP contribution in [0.15, 0.2) is 24.3 Å². The van der Waals surface area contributed by atoms with Crippen LogP contribution in [0.4, 0.5) is 0 Å². The summed E-state index contributed by atoms with van der Waals surface area (Å²) in [4.78, 5) is 23.2. The Kier molecular flexibility index (Phi) is 4.74. The van der Waals surface area contributed by atoms with E-state index in [0.717, 1.165) is 12.0 Å². The van der Waals surface area contributed by atoms with E-state index in [1.54, 1.807) is 13.2 Å². The van der Waals surface area contributed by atoms with Crippen LogP contribution in [0.25, 0.3) is 0 Å². The van der Waals surface area contributed by atoms with E-state index in [-0.39, 0.29) is 17.9 Å². The van der Waals surface area contributed by atoms with Crippen LogP contribution in [0.2, 0.25) is 0 Å². The van der Waals surface area contributed by atoms with Crippen LogP contribution >= 0.6 is 0 Å². The number of carbonyl (C=O) groups excluding carboxylic acids is 1. The normalized spacial score (nSPS) is 21.6. The molecule has 1 saturated carbocycles. The Hall–Kier alpha value is -1.88. The molecule has 0 saturated heterocycles. The lowest BCUT2D eigenvalue weighted by Gasteiger charge is -2.14. The maximum Gasteiger partial charge on any atom is 0.306 e. The highest BCUT2D eigenvalue weighted by atomic mass is 16.5. The van der Waals surface area contributed by atoms with Gasteiger partial charge >= 0.3 is 5.97 Å². The molecule has 0 bridgehead atoms. The summed E-state index contributed by atoms with van der Waals surface area (Å²) in [5.41, 5.74) is 1.42. The van der Waals surface area contributed by atoms with Crippen LogP contribution in [0.1, 0.15) is 35.2 Å². The van der Waals surface area contributed by atoms with Gasteiger partial charge in [0, 0.05) is 18.7 Å². The minimum Gasteiger partial charge on any atom is -0.481 e. The van der Waals surface area contributed by atoms with Gasteiger partial charge in [-0.1, -0.05) is 18.2 Å². The van der Waals surface area contributed by atoms with E-state index in [1.165, 1.54) is 0 Å². The summed E-state index contributed by atoms with van der Waals surface area (Å²) in [5.74, 6) is -1.27. The highest BCUT2D eigenvalue weighted by Gasteiger charge is 2.30. The molecule has 108 valence electrons. The van der Waals surface area contributed by atoms with Crippen molar-refractivity contribution in [3.63, 3.8) is 0 Å². The number of nitrogens with one attached hydrogen (secondary N) is 1. The van der Waals surface area contributed by atoms with Crippen LogP contribution in [-0.4, -0.2) is 30.1 Å². The van der Waals surface area contributed by atoms with Crippen molar-refractivity contribution in [3.8, 4) is 0 Å². The zero-order valence-electron chi connectivity index (χ0n) is 11.5. The number of amides is 1. The van der Waals surface area contributed by atoms with Gasteiger partial charge in [-0.15, -0.1) is 0 Å². The summed E-state index contributed by atoms with van der Waals surface area (Å²) in [5, 5.41) is 11.9. The second kappa shape index (κ2) is 6.52.